The molecule has 0 spiro atoms. The number of nitrogens with one attached hydrogen (secondary N) is 2. The summed E-state index contributed by atoms with van der Waals surface area (Å²) in [5, 5.41) is 7.22. The van der Waals surface area contributed by atoms with E-state index in [-0.39, 0.29) is 29.2 Å². The Morgan fingerprint density at radius 2 is 1.86 bits per heavy atom. The van der Waals surface area contributed by atoms with Crippen molar-refractivity contribution in [1.29, 1.82) is 0 Å². The zero-order valence-corrected chi connectivity index (χ0v) is 19.7. The molecule has 2 amide bonds. The van der Waals surface area contributed by atoms with Crippen LogP contribution < -0.4 is 16.2 Å². The Morgan fingerprint density at radius 1 is 1.03 bits per heavy atom. The first-order valence-electron chi connectivity index (χ1n) is 12.2. The van der Waals surface area contributed by atoms with E-state index in [0.29, 0.717) is 37.6 Å². The van der Waals surface area contributed by atoms with Gasteiger partial charge in [0.25, 0.3) is 5.56 Å². The highest BCUT2D eigenvalue weighted by Gasteiger charge is 2.36. The van der Waals surface area contributed by atoms with Crippen LogP contribution >= 0.6 is 0 Å². The molecule has 1 fully saturated rings. The molecular formula is C28H26FN5O2. The molecule has 0 saturated carbocycles. The molecule has 4 heterocycles. The monoisotopic (exact) mass is 483 g/mol. The number of fused-ring (bicyclic) bond motifs is 5. The zero-order valence-electron chi connectivity index (χ0n) is 19.7. The van der Waals surface area contributed by atoms with Crippen LogP contribution in [-0.4, -0.2) is 33.6 Å². The Bertz CT molecular complexity index is 1500. The number of para-hydroxylation sites is 1. The fourth-order valence-corrected chi connectivity index (χ4v) is 5.39. The van der Waals surface area contributed by atoms with Gasteiger partial charge < -0.3 is 20.1 Å². The van der Waals surface area contributed by atoms with Gasteiger partial charge in [-0.25, -0.2) is 9.18 Å². The minimum absolute atomic E-state index is 0.0276. The fourth-order valence-electron chi connectivity index (χ4n) is 5.39. The first-order valence-corrected chi connectivity index (χ1v) is 12.2. The number of nitrogens with zero attached hydrogens (tertiary/aromatic N) is 3. The number of rotatable bonds is 4. The number of pyridine rings is 2. The molecule has 2 aromatic heterocycles. The fraction of sp³-hybridized carbons (Fsp3) is 0.250. The van der Waals surface area contributed by atoms with Crippen LogP contribution in [0.4, 0.5) is 20.6 Å². The maximum Gasteiger partial charge on any atom is 0.321 e. The van der Waals surface area contributed by atoms with Gasteiger partial charge in [-0.15, -0.1) is 0 Å². The average Bonchev–Trinajstić information content (AvgIpc) is 2.89. The van der Waals surface area contributed by atoms with E-state index in [1.807, 2.05) is 47.2 Å². The number of carbonyl (C=O) groups excluding carboxylic acids is 1. The first kappa shape index (κ1) is 22.3. The second-order valence-corrected chi connectivity index (χ2v) is 9.62. The molecular weight excluding hydrogens is 457 g/mol. The Hall–Kier alpha value is -4.20. The normalized spacial score (nSPS) is 18.5. The number of aromatic nitrogens is 2. The van der Waals surface area contributed by atoms with Crippen LogP contribution in [0.2, 0.25) is 0 Å². The zero-order chi connectivity index (χ0) is 24.6. The van der Waals surface area contributed by atoms with Gasteiger partial charge in [-0.2, -0.15) is 0 Å². The number of anilines is 2. The van der Waals surface area contributed by atoms with Gasteiger partial charge in [0.2, 0.25) is 0 Å². The molecule has 2 aromatic carbocycles. The number of urea groups is 1. The molecule has 2 aliphatic heterocycles. The molecule has 0 unspecified atom stereocenters. The van der Waals surface area contributed by atoms with E-state index in [4.69, 9.17) is 0 Å². The molecule has 7 nitrogen and oxygen atoms in total. The van der Waals surface area contributed by atoms with Crippen molar-refractivity contribution in [1.82, 2.24) is 14.5 Å². The SMILES string of the molecule is O=C(Nc1ccc(F)cc1)N1C[C@H]2C[C@H](C1)c1ccc(NCc3cnc4ccccc4c3)c(=O)n1C2. The summed E-state index contributed by atoms with van der Waals surface area (Å²) in [6, 6.07) is 19.5. The minimum Gasteiger partial charge on any atom is -0.376 e. The third kappa shape index (κ3) is 4.30. The third-order valence-electron chi connectivity index (χ3n) is 7.12. The summed E-state index contributed by atoms with van der Waals surface area (Å²) in [5.41, 5.74) is 4.02. The summed E-state index contributed by atoms with van der Waals surface area (Å²) in [6.07, 6.45) is 2.79. The molecule has 1 saturated heterocycles. The number of hydrogen-bond donors (Lipinski definition) is 2. The summed E-state index contributed by atoms with van der Waals surface area (Å²) in [6.45, 7) is 2.21. The van der Waals surface area contributed by atoms with Crippen LogP contribution in [0, 0.1) is 11.7 Å². The largest absolute Gasteiger partial charge is 0.376 e. The van der Waals surface area contributed by atoms with Crippen molar-refractivity contribution < 1.29 is 9.18 Å². The number of carbonyl (C=O) groups is 1. The van der Waals surface area contributed by atoms with Crippen LogP contribution in [0.25, 0.3) is 10.9 Å². The summed E-state index contributed by atoms with van der Waals surface area (Å²) >= 11 is 0. The van der Waals surface area contributed by atoms with E-state index in [1.54, 1.807) is 17.0 Å². The molecule has 8 heteroatoms. The van der Waals surface area contributed by atoms with Gasteiger partial charge in [-0.3, -0.25) is 9.78 Å². The quantitative estimate of drug-likeness (QED) is 0.437. The number of hydrogen-bond acceptors (Lipinski definition) is 4. The van der Waals surface area contributed by atoms with Crippen LogP contribution in [0.5, 0.6) is 0 Å². The van der Waals surface area contributed by atoms with Gasteiger partial charge in [-0.1, -0.05) is 18.2 Å². The van der Waals surface area contributed by atoms with E-state index in [9.17, 15) is 14.0 Å². The Morgan fingerprint density at radius 3 is 2.72 bits per heavy atom. The number of amides is 2. The first-order chi connectivity index (χ1) is 17.5. The van der Waals surface area contributed by atoms with Gasteiger partial charge in [-0.05, 0) is 66.4 Å². The van der Waals surface area contributed by atoms with Gasteiger partial charge >= 0.3 is 6.03 Å². The van der Waals surface area contributed by atoms with Crippen LogP contribution in [0.3, 0.4) is 0 Å². The number of benzene rings is 2. The number of likely N-dealkylation sites (tertiary alicyclic amines) is 1. The maximum atomic E-state index is 13.3. The molecule has 0 radical (unpaired) electrons. The van der Waals surface area contributed by atoms with Crippen molar-refractivity contribution in [3.8, 4) is 0 Å². The average molecular weight is 484 g/mol. The second kappa shape index (κ2) is 9.11. The molecule has 0 aliphatic carbocycles. The van der Waals surface area contributed by atoms with Crippen LogP contribution in [0.15, 0.2) is 77.7 Å². The predicted molar refractivity (Wildman–Crippen MR) is 138 cm³/mol. The van der Waals surface area contributed by atoms with E-state index in [2.05, 4.69) is 21.7 Å². The summed E-state index contributed by atoms with van der Waals surface area (Å²) in [5.74, 6) is -0.0406. The molecule has 2 atom stereocenters. The number of halogens is 1. The highest BCUT2D eigenvalue weighted by Crippen LogP contribution is 2.35. The Balaban J connectivity index is 1.16. The van der Waals surface area contributed by atoms with Crippen molar-refractivity contribution in [2.45, 2.75) is 25.4 Å². The highest BCUT2D eigenvalue weighted by atomic mass is 19.1. The van der Waals surface area contributed by atoms with Gasteiger partial charge in [0.1, 0.15) is 11.5 Å². The maximum absolute atomic E-state index is 13.3. The third-order valence-corrected chi connectivity index (χ3v) is 7.12. The second-order valence-electron chi connectivity index (χ2n) is 9.62. The van der Waals surface area contributed by atoms with E-state index in [0.717, 1.165) is 28.6 Å². The molecule has 2 aliphatic rings. The molecule has 6 rings (SSSR count). The molecule has 36 heavy (non-hydrogen) atoms. The van der Waals surface area contributed by atoms with Crippen molar-refractivity contribution in [3.05, 3.63) is 100 Å². The molecule has 2 bridgehead atoms. The van der Waals surface area contributed by atoms with Crippen molar-refractivity contribution in [2.24, 2.45) is 5.92 Å². The standard InChI is InChI=1S/C28H26FN5O2/c29-22-5-7-23(8-6-22)32-28(36)33-15-19-12-21(17-33)26-10-9-25(27(35)34(26)16-19)31-14-18-11-20-3-1-2-4-24(20)30-13-18/h1-11,13,19,21,31H,12,14-17H2,(H,32,36)/t19-,21-/m1/s1. The smallest absolute Gasteiger partial charge is 0.321 e. The molecule has 2 N–H and O–H groups in total. The van der Waals surface area contributed by atoms with Crippen molar-refractivity contribution >= 4 is 28.3 Å². The lowest BCUT2D eigenvalue weighted by molar-refractivity contribution is 0.139. The minimum atomic E-state index is -0.342. The van der Waals surface area contributed by atoms with Crippen LogP contribution in [0.1, 0.15) is 23.6 Å². The Kier molecular flexibility index (Phi) is 5.64. The van der Waals surface area contributed by atoms with Crippen molar-refractivity contribution in [2.75, 3.05) is 23.7 Å². The van der Waals surface area contributed by atoms with Gasteiger partial charge in [0, 0.05) is 55.1 Å². The summed E-state index contributed by atoms with van der Waals surface area (Å²) in [4.78, 5) is 32.5. The summed E-state index contributed by atoms with van der Waals surface area (Å²) < 4.78 is 15.0. The lowest BCUT2D eigenvalue weighted by Crippen LogP contribution is -2.50. The predicted octanol–water partition coefficient (Wildman–Crippen LogP) is 4.80. The lowest BCUT2D eigenvalue weighted by atomic mass is 9.83. The van der Waals surface area contributed by atoms with Crippen LogP contribution in [-0.2, 0) is 13.1 Å². The van der Waals surface area contributed by atoms with Gasteiger partial charge in [0.05, 0.1) is 5.52 Å². The Labute approximate surface area is 207 Å². The number of piperidine rings is 1. The molecule has 182 valence electrons. The van der Waals surface area contributed by atoms with Gasteiger partial charge in [0.15, 0.2) is 0 Å². The molecule has 4 aromatic rings. The lowest BCUT2D eigenvalue weighted by Gasteiger charge is -2.42. The van der Waals surface area contributed by atoms with Crippen molar-refractivity contribution in [3.63, 3.8) is 0 Å². The van der Waals surface area contributed by atoms with E-state index in [1.165, 1.54) is 12.1 Å². The topological polar surface area (TPSA) is 79.3 Å². The van der Waals surface area contributed by atoms with E-state index >= 15 is 0 Å². The van der Waals surface area contributed by atoms with E-state index < -0.39 is 0 Å². The summed E-state index contributed by atoms with van der Waals surface area (Å²) in [7, 11) is 0. The highest BCUT2D eigenvalue weighted by molar-refractivity contribution is 5.89.